The molecule has 0 spiro atoms. The molecule has 1 aliphatic heterocycles. The van der Waals surface area contributed by atoms with Crippen LogP contribution in [0.15, 0.2) is 35.4 Å². The molecule has 0 saturated heterocycles. The van der Waals surface area contributed by atoms with Crippen molar-refractivity contribution in [3.63, 3.8) is 0 Å². The van der Waals surface area contributed by atoms with E-state index in [4.69, 9.17) is 5.73 Å². The van der Waals surface area contributed by atoms with Crippen LogP contribution < -0.4 is 5.73 Å². The fourth-order valence-electron chi connectivity index (χ4n) is 1.43. The minimum Gasteiger partial charge on any atom is -0.386 e. The van der Waals surface area contributed by atoms with Gasteiger partial charge in [0.2, 0.25) is 0 Å². The van der Waals surface area contributed by atoms with Crippen LogP contribution in [0.25, 0.3) is 0 Å². The summed E-state index contributed by atoms with van der Waals surface area (Å²) in [5, 5.41) is 6.22. The van der Waals surface area contributed by atoms with Gasteiger partial charge in [-0.2, -0.15) is 5.10 Å². The molecule has 0 amide bonds. The van der Waals surface area contributed by atoms with Gasteiger partial charge in [0.25, 0.3) is 0 Å². The van der Waals surface area contributed by atoms with Gasteiger partial charge < -0.3 is 5.73 Å². The van der Waals surface area contributed by atoms with Gasteiger partial charge in [-0.15, -0.1) is 12.4 Å². The van der Waals surface area contributed by atoms with E-state index in [1.54, 1.807) is 0 Å². The monoisotopic (exact) mass is 211 g/mol. The number of benzene rings is 1. The van der Waals surface area contributed by atoms with Crippen LogP contribution in [0.1, 0.15) is 12.0 Å². The molecule has 1 aromatic rings. The molecule has 2 N–H and O–H groups in total. The highest BCUT2D eigenvalue weighted by atomic mass is 35.5. The third-order valence-corrected chi connectivity index (χ3v) is 2.10. The van der Waals surface area contributed by atoms with Crippen molar-refractivity contribution in [1.29, 1.82) is 0 Å². The Kier molecular flexibility index (Phi) is 3.77. The van der Waals surface area contributed by atoms with Crippen molar-refractivity contribution in [1.82, 2.24) is 5.01 Å². The van der Waals surface area contributed by atoms with Gasteiger partial charge in [-0.1, -0.05) is 30.3 Å². The molecule has 3 nitrogen and oxygen atoms in total. The minimum atomic E-state index is 0. The maximum absolute atomic E-state index is 5.59. The van der Waals surface area contributed by atoms with Crippen molar-refractivity contribution in [2.24, 2.45) is 10.8 Å². The molecule has 0 fully saturated rings. The zero-order valence-electron chi connectivity index (χ0n) is 7.89. The number of halogens is 1. The highest BCUT2D eigenvalue weighted by molar-refractivity contribution is 5.85. The van der Waals surface area contributed by atoms with Gasteiger partial charge in [0.05, 0.1) is 6.54 Å². The van der Waals surface area contributed by atoms with Crippen LogP contribution in [0.3, 0.4) is 0 Å². The molecule has 1 aliphatic rings. The molecule has 14 heavy (non-hydrogen) atoms. The van der Waals surface area contributed by atoms with Gasteiger partial charge in [0.1, 0.15) is 5.84 Å². The van der Waals surface area contributed by atoms with E-state index in [1.807, 2.05) is 23.2 Å². The Hall–Kier alpha value is -1.22. The number of hydrazone groups is 1. The molecule has 0 saturated carbocycles. The lowest BCUT2D eigenvalue weighted by Gasteiger charge is -2.12. The Balaban J connectivity index is 0.000000980. The second-order valence-electron chi connectivity index (χ2n) is 3.22. The summed E-state index contributed by atoms with van der Waals surface area (Å²) in [6, 6.07) is 10.3. The van der Waals surface area contributed by atoms with Crippen molar-refractivity contribution in [2.75, 3.05) is 6.54 Å². The maximum atomic E-state index is 5.59. The minimum absolute atomic E-state index is 0. The van der Waals surface area contributed by atoms with E-state index in [2.05, 4.69) is 17.2 Å². The van der Waals surface area contributed by atoms with E-state index >= 15 is 0 Å². The van der Waals surface area contributed by atoms with Gasteiger partial charge in [0, 0.05) is 13.0 Å². The van der Waals surface area contributed by atoms with Crippen LogP contribution in [0.5, 0.6) is 0 Å². The molecule has 0 atom stereocenters. The third kappa shape index (κ3) is 2.64. The maximum Gasteiger partial charge on any atom is 0.121 e. The lowest BCUT2D eigenvalue weighted by atomic mass is 10.2. The number of hydrogen-bond acceptors (Lipinski definition) is 3. The number of nitrogens with two attached hydrogens (primary N) is 1. The molecule has 0 radical (unpaired) electrons. The molecule has 4 heteroatoms. The van der Waals surface area contributed by atoms with Crippen molar-refractivity contribution < 1.29 is 0 Å². The molecule has 0 unspecified atom stereocenters. The first kappa shape index (κ1) is 10.9. The first-order valence-electron chi connectivity index (χ1n) is 4.46. The van der Waals surface area contributed by atoms with Crippen LogP contribution in [-0.2, 0) is 6.54 Å². The lowest BCUT2D eigenvalue weighted by molar-refractivity contribution is 0.310. The Bertz CT molecular complexity index is 310. The smallest absolute Gasteiger partial charge is 0.121 e. The van der Waals surface area contributed by atoms with Crippen molar-refractivity contribution >= 4 is 18.2 Å². The van der Waals surface area contributed by atoms with Crippen LogP contribution in [0.4, 0.5) is 0 Å². The molecule has 76 valence electrons. The summed E-state index contributed by atoms with van der Waals surface area (Å²) in [5.74, 6) is 0.746. The SMILES string of the molecule is Cl.NC1=NN(Cc2ccccc2)CC1. The molecule has 0 aliphatic carbocycles. The predicted octanol–water partition coefficient (Wildman–Crippen LogP) is 1.59. The van der Waals surface area contributed by atoms with Crippen molar-refractivity contribution in [2.45, 2.75) is 13.0 Å². The molecule has 0 aromatic heterocycles. The average molecular weight is 212 g/mol. The third-order valence-electron chi connectivity index (χ3n) is 2.10. The zero-order chi connectivity index (χ0) is 9.10. The Morgan fingerprint density at radius 3 is 2.57 bits per heavy atom. The number of rotatable bonds is 2. The summed E-state index contributed by atoms with van der Waals surface area (Å²) in [4.78, 5) is 0. The van der Waals surface area contributed by atoms with E-state index in [0.29, 0.717) is 0 Å². The molecule has 0 bridgehead atoms. The van der Waals surface area contributed by atoms with Crippen molar-refractivity contribution in [3.8, 4) is 0 Å². The van der Waals surface area contributed by atoms with E-state index < -0.39 is 0 Å². The quantitative estimate of drug-likeness (QED) is 0.807. The second kappa shape index (κ2) is 4.86. The van der Waals surface area contributed by atoms with E-state index in [9.17, 15) is 0 Å². The normalized spacial score (nSPS) is 14.9. The van der Waals surface area contributed by atoms with Crippen molar-refractivity contribution in [3.05, 3.63) is 35.9 Å². The predicted molar refractivity (Wildman–Crippen MR) is 60.3 cm³/mol. The number of hydrogen-bond donors (Lipinski definition) is 1. The summed E-state index contributed by atoms with van der Waals surface area (Å²) in [6.07, 6.45) is 0.896. The first-order chi connectivity index (χ1) is 6.34. The molecular formula is C10H14ClN3. The summed E-state index contributed by atoms with van der Waals surface area (Å²) in [6.45, 7) is 1.81. The Morgan fingerprint density at radius 2 is 2.00 bits per heavy atom. The summed E-state index contributed by atoms with van der Waals surface area (Å²) >= 11 is 0. The highest BCUT2D eigenvalue weighted by Crippen LogP contribution is 2.09. The van der Waals surface area contributed by atoms with Crippen LogP contribution in [0, 0.1) is 0 Å². The van der Waals surface area contributed by atoms with Gasteiger partial charge >= 0.3 is 0 Å². The zero-order valence-corrected chi connectivity index (χ0v) is 8.70. The van der Waals surface area contributed by atoms with E-state index in [0.717, 1.165) is 25.3 Å². The largest absolute Gasteiger partial charge is 0.386 e. The van der Waals surface area contributed by atoms with Crippen LogP contribution in [-0.4, -0.2) is 17.4 Å². The Morgan fingerprint density at radius 1 is 1.29 bits per heavy atom. The van der Waals surface area contributed by atoms with Crippen LogP contribution in [0.2, 0.25) is 0 Å². The summed E-state index contributed by atoms with van der Waals surface area (Å²) in [5.41, 5.74) is 6.87. The Labute approximate surface area is 90.0 Å². The van der Waals surface area contributed by atoms with Crippen LogP contribution >= 0.6 is 12.4 Å². The van der Waals surface area contributed by atoms with E-state index in [1.165, 1.54) is 5.56 Å². The lowest BCUT2D eigenvalue weighted by Crippen LogP contribution is -2.12. The number of nitrogens with zero attached hydrogens (tertiary/aromatic N) is 2. The first-order valence-corrected chi connectivity index (χ1v) is 4.46. The fourth-order valence-corrected chi connectivity index (χ4v) is 1.43. The van der Waals surface area contributed by atoms with Gasteiger partial charge in [-0.25, -0.2) is 0 Å². The molecule has 2 rings (SSSR count). The van der Waals surface area contributed by atoms with Gasteiger partial charge in [0.15, 0.2) is 0 Å². The fraction of sp³-hybridized carbons (Fsp3) is 0.300. The number of amidine groups is 1. The molecular weight excluding hydrogens is 198 g/mol. The van der Waals surface area contributed by atoms with Gasteiger partial charge in [-0.3, -0.25) is 5.01 Å². The molecule has 1 aromatic carbocycles. The van der Waals surface area contributed by atoms with Gasteiger partial charge in [-0.05, 0) is 5.56 Å². The summed E-state index contributed by atoms with van der Waals surface area (Å²) < 4.78 is 0. The second-order valence-corrected chi connectivity index (χ2v) is 3.22. The average Bonchev–Trinajstić information content (AvgIpc) is 2.53. The summed E-state index contributed by atoms with van der Waals surface area (Å²) in [7, 11) is 0. The molecule has 1 heterocycles. The topological polar surface area (TPSA) is 41.6 Å². The van der Waals surface area contributed by atoms with E-state index in [-0.39, 0.29) is 12.4 Å². The standard InChI is InChI=1S/C10H13N3.ClH/c11-10-6-7-13(12-10)8-9-4-2-1-3-5-9;/h1-5H,6-8H2,(H2,11,12);1H. The highest BCUT2D eigenvalue weighted by Gasteiger charge is 2.10.